The monoisotopic (exact) mass is 236 g/mol. The van der Waals surface area contributed by atoms with E-state index in [2.05, 4.69) is 11.8 Å². The normalized spacial score (nSPS) is 33.6. The van der Waals surface area contributed by atoms with E-state index in [-0.39, 0.29) is 0 Å². The van der Waals surface area contributed by atoms with E-state index >= 15 is 0 Å². The molecule has 3 aliphatic heterocycles. The molecule has 0 N–H and O–H groups in total. The van der Waals surface area contributed by atoms with E-state index in [0.717, 1.165) is 19.4 Å². The van der Waals surface area contributed by atoms with Crippen LogP contribution >= 0.6 is 0 Å². The third-order valence-electron chi connectivity index (χ3n) is 3.88. The lowest BCUT2D eigenvalue weighted by atomic mass is 9.86. The largest absolute Gasteiger partial charge is 0.403 e. The third kappa shape index (κ3) is 2.07. The van der Waals surface area contributed by atoms with Crippen LogP contribution in [0.2, 0.25) is 0 Å². The van der Waals surface area contributed by atoms with E-state index < -0.39 is 12.2 Å². The highest BCUT2D eigenvalue weighted by molar-refractivity contribution is 5.02. The Morgan fingerprint density at radius 2 is 1.81 bits per heavy atom. The van der Waals surface area contributed by atoms with Crippen molar-refractivity contribution in [2.75, 3.05) is 19.6 Å². The summed E-state index contributed by atoms with van der Waals surface area (Å²) in [6, 6.07) is -0.562. The molecule has 0 aliphatic carbocycles. The number of hydrogen-bond donors (Lipinski definition) is 0. The van der Waals surface area contributed by atoms with Crippen molar-refractivity contribution in [2.45, 2.75) is 51.0 Å². The van der Waals surface area contributed by atoms with Crippen LogP contribution in [-0.2, 0) is 0 Å². The molecule has 3 fully saturated rings. The zero-order chi connectivity index (χ0) is 11.9. The molecule has 0 aromatic rings. The molecular weight excluding hydrogens is 217 g/mol. The summed E-state index contributed by atoms with van der Waals surface area (Å²) in [7, 11) is 0. The fourth-order valence-electron chi connectivity index (χ4n) is 2.87. The van der Waals surface area contributed by atoms with Crippen LogP contribution in [0.5, 0.6) is 0 Å². The maximum absolute atomic E-state index is 12.6. The van der Waals surface area contributed by atoms with Gasteiger partial charge in [-0.2, -0.15) is 13.2 Å². The van der Waals surface area contributed by atoms with Crippen LogP contribution in [0.1, 0.15) is 26.7 Å². The van der Waals surface area contributed by atoms with Gasteiger partial charge in [0.15, 0.2) is 0 Å². The van der Waals surface area contributed by atoms with Gasteiger partial charge >= 0.3 is 6.18 Å². The molecule has 2 bridgehead atoms. The molecule has 3 heterocycles. The predicted octanol–water partition coefficient (Wildman–Crippen LogP) is 2.11. The van der Waals surface area contributed by atoms with E-state index in [9.17, 15) is 13.2 Å². The number of rotatable bonds is 3. The minimum absolute atomic E-state index is 0.364. The molecule has 3 aliphatic rings. The minimum Gasteiger partial charge on any atom is -0.295 e. The van der Waals surface area contributed by atoms with Gasteiger partial charge in [-0.25, -0.2) is 0 Å². The fraction of sp³-hybridized carbons (Fsp3) is 1.00. The van der Waals surface area contributed by atoms with Gasteiger partial charge in [0.1, 0.15) is 6.04 Å². The Bertz CT molecular complexity index is 242. The Morgan fingerprint density at radius 3 is 2.25 bits per heavy atom. The average molecular weight is 236 g/mol. The molecule has 3 atom stereocenters. The summed E-state index contributed by atoms with van der Waals surface area (Å²) in [5.41, 5.74) is 0. The molecule has 94 valence electrons. The minimum atomic E-state index is -4.08. The molecule has 0 amide bonds. The van der Waals surface area contributed by atoms with Crippen molar-refractivity contribution in [1.29, 1.82) is 0 Å². The molecule has 0 radical (unpaired) electrons. The number of fused-ring (bicyclic) bond motifs is 2. The first-order chi connectivity index (χ1) is 7.43. The molecule has 0 aromatic heterocycles. The summed E-state index contributed by atoms with van der Waals surface area (Å²) >= 11 is 0. The molecule has 0 aromatic carbocycles. The van der Waals surface area contributed by atoms with Crippen LogP contribution in [0.3, 0.4) is 0 Å². The number of nitrogens with zero attached hydrogens (tertiary/aromatic N) is 2. The summed E-state index contributed by atoms with van der Waals surface area (Å²) in [5, 5.41) is 0. The molecule has 0 spiro atoms. The van der Waals surface area contributed by atoms with Crippen molar-refractivity contribution in [3.8, 4) is 0 Å². The van der Waals surface area contributed by atoms with E-state index in [1.54, 1.807) is 4.90 Å². The van der Waals surface area contributed by atoms with Gasteiger partial charge in [0.2, 0.25) is 0 Å². The second-order valence-corrected chi connectivity index (χ2v) is 4.95. The van der Waals surface area contributed by atoms with Crippen LogP contribution in [0.4, 0.5) is 13.2 Å². The van der Waals surface area contributed by atoms with E-state index in [1.807, 2.05) is 0 Å². The van der Waals surface area contributed by atoms with Crippen LogP contribution < -0.4 is 0 Å². The lowest BCUT2D eigenvalue weighted by molar-refractivity contribution is -0.199. The predicted molar refractivity (Wildman–Crippen MR) is 56.3 cm³/mol. The Morgan fingerprint density at radius 1 is 1.25 bits per heavy atom. The zero-order valence-corrected chi connectivity index (χ0v) is 9.80. The van der Waals surface area contributed by atoms with Crippen molar-refractivity contribution in [1.82, 2.24) is 9.80 Å². The highest BCUT2D eigenvalue weighted by Gasteiger charge is 2.49. The van der Waals surface area contributed by atoms with Crippen molar-refractivity contribution in [3.63, 3.8) is 0 Å². The smallest absolute Gasteiger partial charge is 0.295 e. The second-order valence-electron chi connectivity index (χ2n) is 4.95. The average Bonchev–Trinajstić information content (AvgIpc) is 2.23. The van der Waals surface area contributed by atoms with Gasteiger partial charge in [-0.05, 0) is 26.3 Å². The zero-order valence-electron chi connectivity index (χ0n) is 9.80. The summed E-state index contributed by atoms with van der Waals surface area (Å²) in [6.45, 7) is 5.58. The Hall–Kier alpha value is -0.290. The van der Waals surface area contributed by atoms with Crippen LogP contribution in [0, 0.1) is 0 Å². The highest BCUT2D eigenvalue weighted by atomic mass is 19.4. The summed E-state index contributed by atoms with van der Waals surface area (Å²) in [4.78, 5) is 3.95. The number of piperazine rings is 1. The van der Waals surface area contributed by atoms with E-state index in [1.165, 1.54) is 6.92 Å². The van der Waals surface area contributed by atoms with E-state index in [0.29, 0.717) is 25.2 Å². The molecule has 3 rings (SSSR count). The van der Waals surface area contributed by atoms with Gasteiger partial charge in [0.05, 0.1) is 0 Å². The molecular formula is C11H19F3N2. The van der Waals surface area contributed by atoms with Gasteiger partial charge in [-0.3, -0.25) is 9.80 Å². The van der Waals surface area contributed by atoms with Crippen LogP contribution in [0.25, 0.3) is 0 Å². The fourth-order valence-corrected chi connectivity index (χ4v) is 2.87. The summed E-state index contributed by atoms with van der Waals surface area (Å²) in [6.07, 6.45) is -1.91. The lowest BCUT2D eigenvalue weighted by Gasteiger charge is -2.57. The van der Waals surface area contributed by atoms with Gasteiger partial charge in [-0.1, -0.05) is 6.92 Å². The van der Waals surface area contributed by atoms with Crippen molar-refractivity contribution in [3.05, 3.63) is 0 Å². The van der Waals surface area contributed by atoms with Crippen molar-refractivity contribution >= 4 is 0 Å². The molecule has 16 heavy (non-hydrogen) atoms. The maximum atomic E-state index is 12.6. The SMILES string of the molecule is CCCN1C2CC1CN(C(C)C(F)(F)F)C2. The van der Waals surface area contributed by atoms with Crippen LogP contribution in [0.15, 0.2) is 0 Å². The van der Waals surface area contributed by atoms with Gasteiger partial charge in [-0.15, -0.1) is 0 Å². The van der Waals surface area contributed by atoms with Crippen molar-refractivity contribution < 1.29 is 13.2 Å². The number of piperidine rings is 1. The second kappa shape index (κ2) is 4.18. The standard InChI is InChI=1S/C11H19F3N2/c1-3-4-16-9-5-10(16)7-15(6-9)8(2)11(12,13)14/h8-10H,3-7H2,1-2H3. The van der Waals surface area contributed by atoms with Crippen molar-refractivity contribution in [2.24, 2.45) is 0 Å². The molecule has 2 nitrogen and oxygen atoms in total. The van der Waals surface area contributed by atoms with Gasteiger partial charge < -0.3 is 0 Å². The van der Waals surface area contributed by atoms with Crippen LogP contribution in [-0.4, -0.2) is 53.7 Å². The first-order valence-corrected chi connectivity index (χ1v) is 6.00. The highest BCUT2D eigenvalue weighted by Crippen LogP contribution is 2.35. The first kappa shape index (κ1) is 12.2. The summed E-state index contributed by atoms with van der Waals surface area (Å²) in [5.74, 6) is 0. The topological polar surface area (TPSA) is 6.48 Å². The number of hydrogen-bond acceptors (Lipinski definition) is 2. The number of alkyl halides is 3. The van der Waals surface area contributed by atoms with Gasteiger partial charge in [0.25, 0.3) is 0 Å². The third-order valence-corrected chi connectivity index (χ3v) is 3.88. The molecule has 5 heteroatoms. The molecule has 3 saturated heterocycles. The van der Waals surface area contributed by atoms with Gasteiger partial charge in [0, 0.05) is 25.2 Å². The summed E-state index contributed by atoms with van der Waals surface area (Å²) < 4.78 is 37.7. The quantitative estimate of drug-likeness (QED) is 0.740. The lowest BCUT2D eigenvalue weighted by Crippen LogP contribution is -2.70. The first-order valence-electron chi connectivity index (χ1n) is 6.00. The molecule has 0 saturated carbocycles. The Kier molecular flexibility index (Phi) is 3.18. The Balaban J connectivity index is 1.91. The molecule has 3 unspecified atom stereocenters. The number of halogens is 3. The van der Waals surface area contributed by atoms with E-state index in [4.69, 9.17) is 0 Å². The maximum Gasteiger partial charge on any atom is 0.403 e. The Labute approximate surface area is 94.4 Å².